The molecule has 0 radical (unpaired) electrons. The minimum atomic E-state index is -0.551. The van der Waals surface area contributed by atoms with Crippen molar-refractivity contribution in [2.24, 2.45) is 0 Å². The summed E-state index contributed by atoms with van der Waals surface area (Å²) in [6, 6.07) is 15.7. The van der Waals surface area contributed by atoms with Crippen molar-refractivity contribution in [3.63, 3.8) is 0 Å². The van der Waals surface area contributed by atoms with E-state index in [1.807, 2.05) is 49.5 Å². The van der Waals surface area contributed by atoms with Gasteiger partial charge < -0.3 is 9.84 Å². The summed E-state index contributed by atoms with van der Waals surface area (Å²) in [5, 5.41) is 11.5. The monoisotopic (exact) mass is 328 g/mol. The first kappa shape index (κ1) is 15.9. The highest BCUT2D eigenvalue weighted by molar-refractivity contribution is 7.18. The van der Waals surface area contributed by atoms with Crippen LogP contribution < -0.4 is 4.74 Å². The molecule has 120 valence electrons. The number of methoxy groups -OCH3 is 1. The third kappa shape index (κ3) is 3.88. The van der Waals surface area contributed by atoms with E-state index in [1.54, 1.807) is 18.4 Å². The molecule has 3 aromatic rings. The molecule has 2 aromatic carbocycles. The molecule has 4 nitrogen and oxygen atoms in total. The van der Waals surface area contributed by atoms with Crippen molar-refractivity contribution in [3.8, 4) is 5.75 Å². The molecule has 3 rings (SSSR count). The Balaban J connectivity index is 1.64. The fourth-order valence-corrected chi connectivity index (χ4v) is 3.58. The van der Waals surface area contributed by atoms with Gasteiger partial charge in [0.2, 0.25) is 0 Å². The summed E-state index contributed by atoms with van der Waals surface area (Å²) in [5.41, 5.74) is 1.90. The zero-order chi connectivity index (χ0) is 16.2. The predicted octanol–water partition coefficient (Wildman–Crippen LogP) is 3.47. The molecule has 0 unspecified atom stereocenters. The van der Waals surface area contributed by atoms with Crippen molar-refractivity contribution < 1.29 is 9.84 Å². The lowest BCUT2D eigenvalue weighted by molar-refractivity contribution is 0.123. The van der Waals surface area contributed by atoms with Crippen LogP contribution in [0.1, 0.15) is 16.7 Å². The number of hydrogen-bond acceptors (Lipinski definition) is 5. The van der Waals surface area contributed by atoms with Crippen LogP contribution in [-0.2, 0) is 6.54 Å². The molecule has 1 atom stereocenters. The molecule has 0 amide bonds. The highest BCUT2D eigenvalue weighted by Crippen LogP contribution is 2.24. The average molecular weight is 328 g/mol. The molecule has 0 saturated carbocycles. The van der Waals surface area contributed by atoms with Crippen LogP contribution in [0.5, 0.6) is 5.75 Å². The molecule has 0 bridgehead atoms. The number of nitrogens with zero attached hydrogens (tertiary/aromatic N) is 2. The summed E-state index contributed by atoms with van der Waals surface area (Å²) in [6.45, 7) is 1.27. The Morgan fingerprint density at radius 2 is 2.04 bits per heavy atom. The quantitative estimate of drug-likeness (QED) is 0.752. The maximum atomic E-state index is 10.4. The van der Waals surface area contributed by atoms with Gasteiger partial charge in [-0.05, 0) is 36.9 Å². The van der Waals surface area contributed by atoms with Gasteiger partial charge >= 0.3 is 0 Å². The minimum Gasteiger partial charge on any atom is -0.497 e. The number of likely N-dealkylation sites (N-methyl/N-ethyl adjacent to an activating group) is 1. The number of hydrogen-bond donors (Lipinski definition) is 1. The largest absolute Gasteiger partial charge is 0.497 e. The molecule has 5 heteroatoms. The maximum absolute atomic E-state index is 10.4. The second-order valence-electron chi connectivity index (χ2n) is 5.56. The summed E-state index contributed by atoms with van der Waals surface area (Å²) in [5.74, 6) is 0.760. The third-order valence-electron chi connectivity index (χ3n) is 3.71. The second-order valence-corrected chi connectivity index (χ2v) is 6.68. The molecule has 0 spiro atoms. The van der Waals surface area contributed by atoms with Crippen LogP contribution in [0.15, 0.2) is 48.5 Å². The van der Waals surface area contributed by atoms with Crippen molar-refractivity contribution in [1.29, 1.82) is 0 Å². The van der Waals surface area contributed by atoms with Crippen LogP contribution in [0.3, 0.4) is 0 Å². The smallest absolute Gasteiger partial charge is 0.119 e. The van der Waals surface area contributed by atoms with Crippen molar-refractivity contribution in [2.75, 3.05) is 20.7 Å². The number of fused-ring (bicyclic) bond motifs is 1. The summed E-state index contributed by atoms with van der Waals surface area (Å²) < 4.78 is 6.40. The fraction of sp³-hybridized carbons (Fsp3) is 0.278. The lowest BCUT2D eigenvalue weighted by Gasteiger charge is -2.20. The number of aliphatic hydroxyl groups excluding tert-OH is 1. The standard InChI is InChI=1S/C18H20N2O2S/c1-20(11-16(21)13-6-5-7-14(10-13)22-2)12-18-19-15-8-3-4-9-17(15)23-18/h3-10,16,21H,11-12H2,1-2H3/t16-/m1/s1. The Morgan fingerprint density at radius 3 is 2.83 bits per heavy atom. The summed E-state index contributed by atoms with van der Waals surface area (Å²) in [6.07, 6.45) is -0.551. The molecule has 0 aliphatic carbocycles. The van der Waals surface area contributed by atoms with Crippen molar-refractivity contribution in [3.05, 3.63) is 59.1 Å². The number of aliphatic hydroxyl groups is 1. The van der Waals surface area contributed by atoms with Crippen LogP contribution in [-0.4, -0.2) is 35.7 Å². The lowest BCUT2D eigenvalue weighted by Crippen LogP contribution is -2.24. The van der Waals surface area contributed by atoms with E-state index in [-0.39, 0.29) is 0 Å². The molecule has 1 aromatic heterocycles. The van der Waals surface area contributed by atoms with Gasteiger partial charge in [0.1, 0.15) is 10.8 Å². The van der Waals surface area contributed by atoms with E-state index in [0.29, 0.717) is 6.54 Å². The Hall–Kier alpha value is -1.95. The Morgan fingerprint density at radius 1 is 1.22 bits per heavy atom. The van der Waals surface area contributed by atoms with Crippen LogP contribution >= 0.6 is 11.3 Å². The molecule has 0 aliphatic heterocycles. The first-order chi connectivity index (χ1) is 11.2. The Kier molecular flexibility index (Phi) is 4.91. The van der Waals surface area contributed by atoms with Gasteiger partial charge in [0.05, 0.1) is 30.0 Å². The predicted molar refractivity (Wildman–Crippen MR) is 93.9 cm³/mol. The van der Waals surface area contributed by atoms with E-state index in [9.17, 15) is 5.11 Å². The van der Waals surface area contributed by atoms with Crippen LogP contribution in [0.4, 0.5) is 0 Å². The van der Waals surface area contributed by atoms with E-state index in [1.165, 1.54) is 4.70 Å². The van der Waals surface area contributed by atoms with E-state index >= 15 is 0 Å². The molecule has 0 saturated heterocycles. The maximum Gasteiger partial charge on any atom is 0.119 e. The highest BCUT2D eigenvalue weighted by Gasteiger charge is 2.13. The number of aromatic nitrogens is 1. The van der Waals surface area contributed by atoms with Gasteiger partial charge in [-0.2, -0.15) is 0 Å². The highest BCUT2D eigenvalue weighted by atomic mass is 32.1. The Bertz CT molecular complexity index is 754. The molecule has 1 N–H and O–H groups in total. The topological polar surface area (TPSA) is 45.6 Å². The number of benzene rings is 2. The van der Waals surface area contributed by atoms with Crippen LogP contribution in [0.2, 0.25) is 0 Å². The van der Waals surface area contributed by atoms with Crippen LogP contribution in [0, 0.1) is 0 Å². The first-order valence-corrected chi connectivity index (χ1v) is 8.32. The zero-order valence-electron chi connectivity index (χ0n) is 13.3. The van der Waals surface area contributed by atoms with Crippen molar-refractivity contribution >= 4 is 21.6 Å². The third-order valence-corrected chi connectivity index (χ3v) is 4.73. The van der Waals surface area contributed by atoms with Crippen molar-refractivity contribution in [1.82, 2.24) is 9.88 Å². The van der Waals surface area contributed by atoms with E-state index in [0.717, 1.165) is 28.4 Å². The van der Waals surface area contributed by atoms with Gasteiger partial charge in [-0.25, -0.2) is 4.98 Å². The van der Waals surface area contributed by atoms with E-state index in [2.05, 4.69) is 16.0 Å². The number of thiazole rings is 1. The number of rotatable bonds is 6. The van der Waals surface area contributed by atoms with Gasteiger partial charge in [-0.15, -0.1) is 11.3 Å². The average Bonchev–Trinajstić information content (AvgIpc) is 2.96. The first-order valence-electron chi connectivity index (χ1n) is 7.50. The van der Waals surface area contributed by atoms with Gasteiger partial charge in [0.15, 0.2) is 0 Å². The molecule has 0 fully saturated rings. The number of para-hydroxylation sites is 1. The molecular formula is C18H20N2O2S. The summed E-state index contributed by atoms with van der Waals surface area (Å²) in [4.78, 5) is 6.72. The molecular weight excluding hydrogens is 308 g/mol. The fourth-order valence-electron chi connectivity index (χ4n) is 2.53. The van der Waals surface area contributed by atoms with E-state index < -0.39 is 6.10 Å². The van der Waals surface area contributed by atoms with E-state index in [4.69, 9.17) is 4.74 Å². The molecule has 1 heterocycles. The molecule has 0 aliphatic rings. The molecule has 23 heavy (non-hydrogen) atoms. The van der Waals surface area contributed by atoms with Gasteiger partial charge in [0.25, 0.3) is 0 Å². The Labute approximate surface area is 140 Å². The lowest BCUT2D eigenvalue weighted by atomic mass is 10.1. The minimum absolute atomic E-state index is 0.545. The van der Waals surface area contributed by atoms with Gasteiger partial charge in [0, 0.05) is 6.54 Å². The summed E-state index contributed by atoms with van der Waals surface area (Å²) in [7, 11) is 3.63. The van der Waals surface area contributed by atoms with Gasteiger partial charge in [-0.1, -0.05) is 24.3 Å². The van der Waals surface area contributed by atoms with Gasteiger partial charge in [-0.3, -0.25) is 4.90 Å². The van der Waals surface area contributed by atoms with Crippen molar-refractivity contribution in [2.45, 2.75) is 12.6 Å². The van der Waals surface area contributed by atoms with Crippen LogP contribution in [0.25, 0.3) is 10.2 Å². The zero-order valence-corrected chi connectivity index (χ0v) is 14.1. The second kappa shape index (κ2) is 7.08. The number of ether oxygens (including phenoxy) is 1. The SMILES string of the molecule is COc1cccc([C@H](O)CN(C)Cc2nc3ccccc3s2)c1. The normalized spacial score (nSPS) is 12.7. The summed E-state index contributed by atoms with van der Waals surface area (Å²) >= 11 is 1.70.